The Morgan fingerprint density at radius 2 is 1.64 bits per heavy atom. The van der Waals surface area contributed by atoms with Crippen molar-refractivity contribution < 1.29 is 9.47 Å². The lowest BCUT2D eigenvalue weighted by Crippen LogP contribution is -2.41. The normalized spacial score (nSPS) is 16.3. The summed E-state index contributed by atoms with van der Waals surface area (Å²) in [5.41, 5.74) is 2.41. The van der Waals surface area contributed by atoms with Crippen LogP contribution < -0.4 is 14.8 Å². The molecule has 2 aliphatic heterocycles. The molecule has 2 aliphatic rings. The van der Waals surface area contributed by atoms with E-state index in [-0.39, 0.29) is 37.2 Å². The van der Waals surface area contributed by atoms with E-state index in [0.29, 0.717) is 19.3 Å². The zero-order valence-corrected chi connectivity index (χ0v) is 18.2. The fourth-order valence-corrected chi connectivity index (χ4v) is 3.47. The molecule has 1 N–H and O–H groups in total. The highest BCUT2D eigenvalue weighted by Crippen LogP contribution is 2.29. The number of likely N-dealkylation sites (tertiary alicyclic amines) is 1. The van der Waals surface area contributed by atoms with Crippen molar-refractivity contribution >= 4 is 37.2 Å². The molecule has 1 aromatic carbocycles. The van der Waals surface area contributed by atoms with E-state index in [0.717, 1.165) is 43.4 Å². The second kappa shape index (κ2) is 12.3. The van der Waals surface area contributed by atoms with E-state index in [1.807, 2.05) is 6.07 Å². The van der Waals surface area contributed by atoms with Gasteiger partial charge in [-0.2, -0.15) is 0 Å². The molecule has 0 aliphatic carbocycles. The molecule has 28 heavy (non-hydrogen) atoms. The number of fused-ring (bicyclic) bond motifs is 1. The molecule has 3 heterocycles. The SMILES string of the molecule is Cl.Cl.Cl.c1ccc(CN2CCC(NCc3cc4c(cn3)OCCO4)CC2)cc1. The Morgan fingerprint density at radius 1 is 0.964 bits per heavy atom. The third-order valence-corrected chi connectivity index (χ3v) is 4.90. The molecule has 0 atom stereocenters. The largest absolute Gasteiger partial charge is 0.486 e. The quantitative estimate of drug-likeness (QED) is 0.752. The Balaban J connectivity index is 0.00000131. The summed E-state index contributed by atoms with van der Waals surface area (Å²) in [6, 6.07) is 13.3. The first-order chi connectivity index (χ1) is 12.4. The molecule has 1 fully saturated rings. The second-order valence-corrected chi connectivity index (χ2v) is 6.74. The maximum atomic E-state index is 5.63. The van der Waals surface area contributed by atoms with Gasteiger partial charge in [0, 0.05) is 25.2 Å². The van der Waals surface area contributed by atoms with Gasteiger partial charge in [0.15, 0.2) is 11.5 Å². The summed E-state index contributed by atoms with van der Waals surface area (Å²) in [6.07, 6.45) is 4.13. The smallest absolute Gasteiger partial charge is 0.179 e. The highest BCUT2D eigenvalue weighted by atomic mass is 35.5. The van der Waals surface area contributed by atoms with Gasteiger partial charge in [-0.25, -0.2) is 0 Å². The lowest BCUT2D eigenvalue weighted by Gasteiger charge is -2.32. The summed E-state index contributed by atoms with van der Waals surface area (Å²) >= 11 is 0. The highest BCUT2D eigenvalue weighted by Gasteiger charge is 2.19. The van der Waals surface area contributed by atoms with E-state index in [2.05, 4.69) is 45.5 Å². The highest BCUT2D eigenvalue weighted by molar-refractivity contribution is 5.86. The topological polar surface area (TPSA) is 46.6 Å². The van der Waals surface area contributed by atoms with Crippen molar-refractivity contribution in [1.29, 1.82) is 0 Å². The van der Waals surface area contributed by atoms with E-state index >= 15 is 0 Å². The predicted octanol–water partition coefficient (Wildman–Crippen LogP) is 3.87. The second-order valence-electron chi connectivity index (χ2n) is 6.74. The Hall–Kier alpha value is -1.24. The fourth-order valence-electron chi connectivity index (χ4n) is 3.47. The molecule has 0 bridgehead atoms. The predicted molar refractivity (Wildman–Crippen MR) is 119 cm³/mol. The first-order valence-electron chi connectivity index (χ1n) is 9.11. The third-order valence-electron chi connectivity index (χ3n) is 4.90. The molecule has 0 unspecified atom stereocenters. The van der Waals surface area contributed by atoms with Crippen LogP contribution in [0.2, 0.25) is 0 Å². The number of benzene rings is 1. The van der Waals surface area contributed by atoms with Crippen molar-refractivity contribution in [3.8, 4) is 11.5 Å². The zero-order chi connectivity index (χ0) is 16.9. The van der Waals surface area contributed by atoms with Gasteiger partial charge >= 0.3 is 0 Å². The number of hydrogen-bond acceptors (Lipinski definition) is 5. The summed E-state index contributed by atoms with van der Waals surface area (Å²) in [5.74, 6) is 1.57. The maximum absolute atomic E-state index is 5.63. The van der Waals surface area contributed by atoms with Crippen LogP contribution in [0.3, 0.4) is 0 Å². The first kappa shape index (κ1) is 24.8. The number of nitrogens with zero attached hydrogens (tertiary/aromatic N) is 2. The molecule has 0 saturated carbocycles. The van der Waals surface area contributed by atoms with Crippen LogP contribution in [0, 0.1) is 0 Å². The van der Waals surface area contributed by atoms with Gasteiger partial charge in [-0.05, 0) is 31.5 Å². The molecule has 5 nitrogen and oxygen atoms in total. The van der Waals surface area contributed by atoms with Gasteiger partial charge in [0.25, 0.3) is 0 Å². The standard InChI is InChI=1S/C20H25N3O2.3ClH/c1-2-4-16(5-3-1)15-23-8-6-17(7-9-23)21-13-18-12-19-20(14-22-18)25-11-10-24-19;;;/h1-5,12,14,17,21H,6-11,13,15H2;3*1H. The number of rotatable bonds is 5. The van der Waals surface area contributed by atoms with Crippen LogP contribution in [-0.4, -0.2) is 42.2 Å². The molecule has 0 amide bonds. The molecular weight excluding hydrogens is 421 g/mol. The number of ether oxygens (including phenoxy) is 2. The van der Waals surface area contributed by atoms with Crippen LogP contribution >= 0.6 is 37.2 Å². The minimum Gasteiger partial charge on any atom is -0.486 e. The number of pyridine rings is 1. The van der Waals surface area contributed by atoms with Crippen molar-refractivity contribution in [1.82, 2.24) is 15.2 Å². The molecule has 1 saturated heterocycles. The summed E-state index contributed by atoms with van der Waals surface area (Å²) in [5, 5.41) is 3.64. The van der Waals surface area contributed by atoms with Crippen molar-refractivity contribution in [2.45, 2.75) is 32.0 Å². The molecule has 0 spiro atoms. The lowest BCUT2D eigenvalue weighted by atomic mass is 10.0. The molecule has 2 aromatic rings. The number of aromatic nitrogens is 1. The van der Waals surface area contributed by atoms with E-state index in [9.17, 15) is 0 Å². The van der Waals surface area contributed by atoms with Gasteiger partial charge in [-0.15, -0.1) is 37.2 Å². The number of piperidine rings is 1. The van der Waals surface area contributed by atoms with Crippen LogP contribution in [0.4, 0.5) is 0 Å². The van der Waals surface area contributed by atoms with Gasteiger partial charge in [0.2, 0.25) is 0 Å². The van der Waals surface area contributed by atoms with E-state index in [4.69, 9.17) is 9.47 Å². The number of nitrogens with one attached hydrogen (secondary N) is 1. The monoisotopic (exact) mass is 447 g/mol. The van der Waals surface area contributed by atoms with Gasteiger partial charge in [-0.3, -0.25) is 9.88 Å². The minimum absolute atomic E-state index is 0. The van der Waals surface area contributed by atoms with Gasteiger partial charge in [-0.1, -0.05) is 30.3 Å². The zero-order valence-electron chi connectivity index (χ0n) is 15.7. The molecular formula is C20H28Cl3N3O2. The first-order valence-corrected chi connectivity index (χ1v) is 9.11. The van der Waals surface area contributed by atoms with Crippen LogP contribution in [0.25, 0.3) is 0 Å². The van der Waals surface area contributed by atoms with Crippen molar-refractivity contribution in [2.24, 2.45) is 0 Å². The Bertz CT molecular complexity index is 698. The van der Waals surface area contributed by atoms with Crippen LogP contribution in [0.1, 0.15) is 24.1 Å². The average molecular weight is 449 g/mol. The third kappa shape index (κ3) is 6.68. The summed E-state index contributed by atoms with van der Waals surface area (Å²) < 4.78 is 11.1. The summed E-state index contributed by atoms with van der Waals surface area (Å²) in [4.78, 5) is 7.01. The fraction of sp³-hybridized carbons (Fsp3) is 0.450. The average Bonchev–Trinajstić information content (AvgIpc) is 2.68. The molecule has 8 heteroatoms. The molecule has 4 rings (SSSR count). The Labute approximate surface area is 185 Å². The van der Waals surface area contributed by atoms with E-state index < -0.39 is 0 Å². The van der Waals surface area contributed by atoms with Crippen molar-refractivity contribution in [2.75, 3.05) is 26.3 Å². The lowest BCUT2D eigenvalue weighted by molar-refractivity contribution is 0.170. The number of halogens is 3. The maximum Gasteiger partial charge on any atom is 0.179 e. The summed E-state index contributed by atoms with van der Waals surface area (Å²) in [6.45, 7) is 5.33. The Kier molecular flexibility index (Phi) is 10.9. The molecule has 0 radical (unpaired) electrons. The summed E-state index contributed by atoms with van der Waals surface area (Å²) in [7, 11) is 0. The van der Waals surface area contributed by atoms with Crippen molar-refractivity contribution in [3.63, 3.8) is 0 Å². The van der Waals surface area contributed by atoms with Crippen LogP contribution in [0.5, 0.6) is 11.5 Å². The van der Waals surface area contributed by atoms with Crippen LogP contribution in [-0.2, 0) is 13.1 Å². The molecule has 156 valence electrons. The van der Waals surface area contributed by atoms with Gasteiger partial charge in [0.1, 0.15) is 13.2 Å². The minimum atomic E-state index is 0. The van der Waals surface area contributed by atoms with Gasteiger partial charge < -0.3 is 14.8 Å². The van der Waals surface area contributed by atoms with Crippen molar-refractivity contribution in [3.05, 3.63) is 53.9 Å². The van der Waals surface area contributed by atoms with Gasteiger partial charge in [0.05, 0.1) is 11.9 Å². The number of hydrogen-bond donors (Lipinski definition) is 1. The van der Waals surface area contributed by atoms with E-state index in [1.165, 1.54) is 18.4 Å². The van der Waals surface area contributed by atoms with Crippen LogP contribution in [0.15, 0.2) is 42.6 Å². The van der Waals surface area contributed by atoms with E-state index in [1.54, 1.807) is 6.20 Å². The molecule has 1 aromatic heterocycles. The Morgan fingerprint density at radius 3 is 2.36 bits per heavy atom.